The molecule has 1 aliphatic rings. The van der Waals surface area contributed by atoms with Gasteiger partial charge in [-0.1, -0.05) is 13.8 Å². The van der Waals surface area contributed by atoms with E-state index in [1.165, 1.54) is 12.8 Å². The molecule has 0 spiro atoms. The van der Waals surface area contributed by atoms with Gasteiger partial charge in [0.2, 0.25) is 0 Å². The van der Waals surface area contributed by atoms with Crippen LogP contribution >= 0.6 is 0 Å². The molecule has 0 aromatic carbocycles. The summed E-state index contributed by atoms with van der Waals surface area (Å²) < 4.78 is 5.10. The van der Waals surface area contributed by atoms with Crippen LogP contribution in [0, 0.1) is 5.92 Å². The third kappa shape index (κ3) is 4.12. The Morgan fingerprint density at radius 1 is 1.50 bits per heavy atom. The molecule has 1 atom stereocenters. The minimum Gasteiger partial charge on any atom is -0.465 e. The molecular formula is C13H25NO2. The number of rotatable bonds is 6. The zero-order chi connectivity index (χ0) is 12.0. The summed E-state index contributed by atoms with van der Waals surface area (Å²) in [6.07, 6.45) is 4.53. The Morgan fingerprint density at radius 2 is 2.25 bits per heavy atom. The van der Waals surface area contributed by atoms with Gasteiger partial charge in [-0.25, -0.2) is 0 Å². The summed E-state index contributed by atoms with van der Waals surface area (Å²) in [6.45, 7) is 8.95. The molecule has 1 aliphatic heterocycles. The Bertz CT molecular complexity index is 216. The van der Waals surface area contributed by atoms with Crippen LogP contribution in [0.4, 0.5) is 0 Å². The van der Waals surface area contributed by atoms with Crippen molar-refractivity contribution >= 4 is 5.97 Å². The molecule has 16 heavy (non-hydrogen) atoms. The quantitative estimate of drug-likeness (QED) is 0.653. The average Bonchev–Trinajstić information content (AvgIpc) is 2.66. The summed E-state index contributed by atoms with van der Waals surface area (Å²) in [6, 6.07) is 0.0344. The molecule has 1 unspecified atom stereocenters. The van der Waals surface area contributed by atoms with Crippen LogP contribution < -0.4 is 0 Å². The lowest BCUT2D eigenvalue weighted by molar-refractivity contribution is -0.148. The second-order valence-electron chi connectivity index (χ2n) is 4.98. The maximum absolute atomic E-state index is 11.7. The van der Waals surface area contributed by atoms with E-state index >= 15 is 0 Å². The highest BCUT2D eigenvalue weighted by atomic mass is 16.5. The summed E-state index contributed by atoms with van der Waals surface area (Å²) in [5.41, 5.74) is 0. The molecule has 0 radical (unpaired) electrons. The minimum atomic E-state index is -0.0236. The number of likely N-dealkylation sites (tertiary alicyclic amines) is 1. The van der Waals surface area contributed by atoms with E-state index in [2.05, 4.69) is 18.7 Å². The molecule has 0 aromatic heterocycles. The molecule has 3 heteroatoms. The van der Waals surface area contributed by atoms with Crippen LogP contribution in [0.25, 0.3) is 0 Å². The van der Waals surface area contributed by atoms with Crippen LogP contribution in [0.5, 0.6) is 0 Å². The third-order valence-electron chi connectivity index (χ3n) is 3.15. The van der Waals surface area contributed by atoms with E-state index in [1.54, 1.807) is 0 Å². The Labute approximate surface area is 99.1 Å². The molecule has 0 aliphatic carbocycles. The normalized spacial score (nSPS) is 21.6. The maximum Gasteiger partial charge on any atom is 0.323 e. The maximum atomic E-state index is 11.7. The van der Waals surface area contributed by atoms with Gasteiger partial charge in [-0.15, -0.1) is 0 Å². The molecule has 0 N–H and O–H groups in total. The van der Waals surface area contributed by atoms with Gasteiger partial charge in [0.1, 0.15) is 6.04 Å². The van der Waals surface area contributed by atoms with Crippen LogP contribution in [0.3, 0.4) is 0 Å². The molecular weight excluding hydrogens is 202 g/mol. The van der Waals surface area contributed by atoms with Gasteiger partial charge in [0, 0.05) is 0 Å². The topological polar surface area (TPSA) is 29.5 Å². The molecule has 94 valence electrons. The Morgan fingerprint density at radius 3 is 2.88 bits per heavy atom. The summed E-state index contributed by atoms with van der Waals surface area (Å²) in [7, 11) is 0. The van der Waals surface area contributed by atoms with Crippen molar-refractivity contribution < 1.29 is 9.53 Å². The summed E-state index contributed by atoms with van der Waals surface area (Å²) >= 11 is 0. The van der Waals surface area contributed by atoms with Crippen LogP contribution in [-0.2, 0) is 9.53 Å². The SMILES string of the molecule is CCOC(=O)C1CCCN1CCCC(C)C. The van der Waals surface area contributed by atoms with E-state index in [4.69, 9.17) is 4.74 Å². The van der Waals surface area contributed by atoms with Gasteiger partial charge in [0.15, 0.2) is 0 Å². The highest BCUT2D eigenvalue weighted by molar-refractivity contribution is 5.76. The van der Waals surface area contributed by atoms with Crippen LogP contribution in [0.1, 0.15) is 46.5 Å². The van der Waals surface area contributed by atoms with Crippen molar-refractivity contribution in [2.45, 2.75) is 52.5 Å². The fourth-order valence-corrected chi connectivity index (χ4v) is 2.30. The van der Waals surface area contributed by atoms with Crippen molar-refractivity contribution in [2.24, 2.45) is 5.92 Å². The number of hydrogen-bond donors (Lipinski definition) is 0. The van der Waals surface area contributed by atoms with Crippen molar-refractivity contribution in [3.63, 3.8) is 0 Å². The standard InChI is InChI=1S/C13H25NO2/c1-4-16-13(15)12-8-6-10-14(12)9-5-7-11(2)3/h11-12H,4-10H2,1-3H3. The molecule has 0 aromatic rings. The van der Waals surface area contributed by atoms with Gasteiger partial charge >= 0.3 is 5.97 Å². The van der Waals surface area contributed by atoms with Crippen LogP contribution in [0.2, 0.25) is 0 Å². The van der Waals surface area contributed by atoms with Crippen LogP contribution in [0.15, 0.2) is 0 Å². The summed E-state index contributed by atoms with van der Waals surface area (Å²) in [5.74, 6) is 0.730. The lowest BCUT2D eigenvalue weighted by Gasteiger charge is -2.22. The molecule has 1 fully saturated rings. The van der Waals surface area contributed by atoms with E-state index in [1.807, 2.05) is 6.92 Å². The largest absolute Gasteiger partial charge is 0.465 e. The highest BCUT2D eigenvalue weighted by Crippen LogP contribution is 2.19. The van der Waals surface area contributed by atoms with E-state index < -0.39 is 0 Å². The Kier molecular flexibility index (Phi) is 5.81. The van der Waals surface area contributed by atoms with Crippen LogP contribution in [-0.4, -0.2) is 36.6 Å². The molecule has 3 nitrogen and oxygen atoms in total. The lowest BCUT2D eigenvalue weighted by Crippen LogP contribution is -2.37. The monoisotopic (exact) mass is 227 g/mol. The predicted octanol–water partition coefficient (Wildman–Crippen LogP) is 2.45. The predicted molar refractivity (Wildman–Crippen MR) is 65.3 cm³/mol. The first-order valence-electron chi connectivity index (χ1n) is 6.55. The van der Waals surface area contributed by atoms with Gasteiger partial charge in [0.25, 0.3) is 0 Å². The molecule has 1 rings (SSSR count). The number of nitrogens with zero attached hydrogens (tertiary/aromatic N) is 1. The number of hydrogen-bond acceptors (Lipinski definition) is 3. The van der Waals surface area contributed by atoms with E-state index in [0.717, 1.165) is 31.8 Å². The first-order valence-corrected chi connectivity index (χ1v) is 6.55. The number of esters is 1. The lowest BCUT2D eigenvalue weighted by atomic mass is 10.1. The van der Waals surface area contributed by atoms with Gasteiger partial charge in [-0.3, -0.25) is 9.69 Å². The van der Waals surface area contributed by atoms with E-state index in [-0.39, 0.29) is 12.0 Å². The minimum absolute atomic E-state index is 0.0236. The molecule has 0 amide bonds. The Balaban J connectivity index is 2.31. The third-order valence-corrected chi connectivity index (χ3v) is 3.15. The van der Waals surface area contributed by atoms with Gasteiger partial charge < -0.3 is 4.74 Å². The number of ether oxygens (including phenoxy) is 1. The first kappa shape index (κ1) is 13.5. The smallest absolute Gasteiger partial charge is 0.323 e. The van der Waals surface area contributed by atoms with Crippen molar-refractivity contribution in [3.05, 3.63) is 0 Å². The fourth-order valence-electron chi connectivity index (χ4n) is 2.30. The van der Waals surface area contributed by atoms with E-state index in [9.17, 15) is 4.79 Å². The van der Waals surface area contributed by atoms with Gasteiger partial charge in [-0.05, 0) is 51.6 Å². The summed E-state index contributed by atoms with van der Waals surface area (Å²) in [4.78, 5) is 14.0. The van der Waals surface area contributed by atoms with Crippen molar-refractivity contribution in [1.82, 2.24) is 4.90 Å². The zero-order valence-corrected chi connectivity index (χ0v) is 10.9. The number of carbonyl (C=O) groups excluding carboxylic acids is 1. The number of carbonyl (C=O) groups is 1. The highest BCUT2D eigenvalue weighted by Gasteiger charge is 2.31. The molecule has 0 saturated carbocycles. The zero-order valence-electron chi connectivity index (χ0n) is 10.9. The van der Waals surface area contributed by atoms with Crippen molar-refractivity contribution in [1.29, 1.82) is 0 Å². The molecule has 1 saturated heterocycles. The first-order chi connectivity index (χ1) is 7.65. The van der Waals surface area contributed by atoms with Crippen molar-refractivity contribution in [2.75, 3.05) is 19.7 Å². The average molecular weight is 227 g/mol. The summed E-state index contributed by atoms with van der Waals surface area (Å²) in [5, 5.41) is 0. The Hall–Kier alpha value is -0.570. The van der Waals surface area contributed by atoms with Gasteiger partial charge in [-0.2, -0.15) is 0 Å². The fraction of sp³-hybridized carbons (Fsp3) is 0.923. The molecule has 1 heterocycles. The second-order valence-corrected chi connectivity index (χ2v) is 4.98. The van der Waals surface area contributed by atoms with E-state index in [0.29, 0.717) is 6.61 Å². The molecule has 0 bridgehead atoms. The van der Waals surface area contributed by atoms with Crippen molar-refractivity contribution in [3.8, 4) is 0 Å². The van der Waals surface area contributed by atoms with Gasteiger partial charge in [0.05, 0.1) is 6.61 Å². The second kappa shape index (κ2) is 6.89.